The molecule has 0 aliphatic rings. The number of hydrogen-bond acceptors (Lipinski definition) is 4. The topological polar surface area (TPSA) is 68.5 Å². The number of carbonyl (C=O) groups excluding carboxylic acids is 1. The van der Waals surface area contributed by atoms with Gasteiger partial charge in [0.25, 0.3) is 5.91 Å². The Morgan fingerprint density at radius 2 is 1.93 bits per heavy atom. The molecule has 0 saturated carbocycles. The van der Waals surface area contributed by atoms with Crippen molar-refractivity contribution in [3.63, 3.8) is 0 Å². The van der Waals surface area contributed by atoms with Crippen LogP contribution in [0.4, 0.5) is 8.78 Å². The molecule has 0 aliphatic carbocycles. The van der Waals surface area contributed by atoms with E-state index in [0.717, 1.165) is 23.7 Å². The Kier molecular flexibility index (Phi) is 5.57. The summed E-state index contributed by atoms with van der Waals surface area (Å²) in [4.78, 5) is 16.8. The van der Waals surface area contributed by atoms with Crippen molar-refractivity contribution in [3.8, 4) is 0 Å². The smallest absolute Gasteiger partial charge is 0.252 e. The average molecular weight is 422 g/mol. The van der Waals surface area contributed by atoms with Crippen molar-refractivity contribution in [2.45, 2.75) is 17.9 Å². The van der Waals surface area contributed by atoms with Gasteiger partial charge in [-0.15, -0.1) is 6.58 Å². The summed E-state index contributed by atoms with van der Waals surface area (Å²) in [7, 11) is -3.32. The van der Waals surface area contributed by atoms with Gasteiger partial charge < -0.3 is 4.57 Å². The Balaban J connectivity index is 1.97. The molecule has 3 aromatic rings. The number of sulfone groups is 1. The first-order valence-electron chi connectivity index (χ1n) is 8.15. The highest BCUT2D eigenvalue weighted by Crippen LogP contribution is 2.22. The molecular formula is C19H16F2N2O3S2. The molecule has 0 bridgehead atoms. The summed E-state index contributed by atoms with van der Waals surface area (Å²) in [5.74, 6) is -1.93. The number of allylic oxidation sites excluding steroid dienone is 1. The van der Waals surface area contributed by atoms with Gasteiger partial charge in [0.2, 0.25) is 0 Å². The van der Waals surface area contributed by atoms with Crippen molar-refractivity contribution in [3.05, 3.63) is 71.1 Å². The fourth-order valence-corrected chi connectivity index (χ4v) is 4.41. The fraction of sp³-hybridized carbons (Fsp3) is 0.158. The van der Waals surface area contributed by atoms with Gasteiger partial charge in [-0.25, -0.2) is 17.2 Å². The molecule has 0 N–H and O–H groups in total. The van der Waals surface area contributed by atoms with Crippen molar-refractivity contribution in [1.29, 1.82) is 0 Å². The van der Waals surface area contributed by atoms with Crippen LogP contribution in [0.25, 0.3) is 10.2 Å². The zero-order valence-corrected chi connectivity index (χ0v) is 16.5. The molecule has 1 aromatic heterocycles. The van der Waals surface area contributed by atoms with E-state index in [1.807, 2.05) is 0 Å². The number of aromatic nitrogens is 1. The van der Waals surface area contributed by atoms with E-state index in [0.29, 0.717) is 10.3 Å². The highest BCUT2D eigenvalue weighted by molar-refractivity contribution is 7.90. The molecule has 1 heterocycles. The van der Waals surface area contributed by atoms with Gasteiger partial charge in [-0.3, -0.25) is 4.79 Å². The van der Waals surface area contributed by atoms with Gasteiger partial charge in [0.15, 0.2) is 20.5 Å². The second kappa shape index (κ2) is 7.76. The molecule has 1 amide bonds. The lowest BCUT2D eigenvalue weighted by Crippen LogP contribution is -2.17. The zero-order chi connectivity index (χ0) is 20.5. The minimum atomic E-state index is -3.32. The van der Waals surface area contributed by atoms with E-state index in [9.17, 15) is 22.0 Å². The number of hydrogen-bond donors (Lipinski definition) is 0. The maximum Gasteiger partial charge on any atom is 0.252 e. The van der Waals surface area contributed by atoms with Crippen molar-refractivity contribution in [2.24, 2.45) is 4.99 Å². The first-order chi connectivity index (χ1) is 13.2. The van der Waals surface area contributed by atoms with E-state index >= 15 is 0 Å². The highest BCUT2D eigenvalue weighted by atomic mass is 32.2. The molecular weight excluding hydrogens is 406 g/mol. The summed E-state index contributed by atoms with van der Waals surface area (Å²) in [6, 6.07) is 7.91. The Labute approximate surface area is 164 Å². The molecule has 0 saturated heterocycles. The van der Waals surface area contributed by atoms with Crippen LogP contribution < -0.4 is 4.80 Å². The van der Waals surface area contributed by atoms with E-state index in [-0.39, 0.29) is 28.2 Å². The quantitative estimate of drug-likeness (QED) is 0.593. The third-order valence-corrected chi connectivity index (χ3v) is 6.09. The standard InChI is InChI=1S/C19H16F2N2O3S2/c1-3-8-23-18-15(21)10-13(20)11-16(18)27-19(23)22-17(24)9-12-4-6-14(7-5-12)28(2,25)26/h3-7,10-11H,1,8-9H2,2H3. The van der Waals surface area contributed by atoms with Gasteiger partial charge in [-0.2, -0.15) is 4.99 Å². The summed E-state index contributed by atoms with van der Waals surface area (Å²) >= 11 is 1.01. The maximum atomic E-state index is 14.2. The highest BCUT2D eigenvalue weighted by Gasteiger charge is 2.14. The van der Waals surface area contributed by atoms with E-state index in [2.05, 4.69) is 11.6 Å². The molecule has 0 atom stereocenters. The monoisotopic (exact) mass is 422 g/mol. The SMILES string of the molecule is C=CCn1c(=NC(=O)Cc2ccc(S(C)(=O)=O)cc2)sc2cc(F)cc(F)c21. The molecule has 2 aromatic carbocycles. The Morgan fingerprint density at radius 1 is 1.25 bits per heavy atom. The number of fused-ring (bicyclic) bond motifs is 1. The number of nitrogens with zero attached hydrogens (tertiary/aromatic N) is 2. The van der Waals surface area contributed by atoms with Crippen molar-refractivity contribution >= 4 is 37.3 Å². The summed E-state index contributed by atoms with van der Waals surface area (Å²) in [6.07, 6.45) is 2.58. The van der Waals surface area contributed by atoms with Gasteiger partial charge in [-0.05, 0) is 23.8 Å². The van der Waals surface area contributed by atoms with Crippen LogP contribution in [-0.4, -0.2) is 25.1 Å². The summed E-state index contributed by atoms with van der Waals surface area (Å²) in [6.45, 7) is 3.82. The fourth-order valence-electron chi connectivity index (χ4n) is 2.69. The van der Waals surface area contributed by atoms with Crippen LogP contribution in [0.5, 0.6) is 0 Å². The lowest BCUT2D eigenvalue weighted by Gasteiger charge is -2.03. The predicted octanol–water partition coefficient (Wildman–Crippen LogP) is 3.24. The summed E-state index contributed by atoms with van der Waals surface area (Å²) in [5, 5.41) is 0. The zero-order valence-electron chi connectivity index (χ0n) is 14.9. The minimum absolute atomic E-state index is 0.0524. The number of benzene rings is 2. The molecule has 0 radical (unpaired) electrons. The largest absolute Gasteiger partial charge is 0.310 e. The third kappa shape index (κ3) is 4.26. The van der Waals surface area contributed by atoms with Crippen molar-refractivity contribution < 1.29 is 22.0 Å². The molecule has 0 unspecified atom stereocenters. The summed E-state index contributed by atoms with van der Waals surface area (Å²) in [5.41, 5.74) is 0.755. The molecule has 3 rings (SSSR count). The number of carbonyl (C=O) groups is 1. The molecule has 0 aliphatic heterocycles. The molecule has 0 spiro atoms. The number of rotatable bonds is 5. The minimum Gasteiger partial charge on any atom is -0.310 e. The second-order valence-corrected chi connectivity index (χ2v) is 9.14. The lowest BCUT2D eigenvalue weighted by atomic mass is 10.1. The number of halogens is 2. The molecule has 9 heteroatoms. The molecule has 28 heavy (non-hydrogen) atoms. The molecule has 0 fully saturated rings. The van der Waals surface area contributed by atoms with Crippen LogP contribution in [0.1, 0.15) is 5.56 Å². The molecule has 146 valence electrons. The Bertz CT molecular complexity index is 1240. The van der Waals surface area contributed by atoms with Crippen molar-refractivity contribution in [2.75, 3.05) is 6.26 Å². The normalized spacial score (nSPS) is 12.5. The van der Waals surface area contributed by atoms with Crippen LogP contribution in [0.3, 0.4) is 0 Å². The Hall–Kier alpha value is -2.65. The van der Waals surface area contributed by atoms with Gasteiger partial charge in [0.1, 0.15) is 5.82 Å². The van der Waals surface area contributed by atoms with E-state index in [1.165, 1.54) is 28.8 Å². The first kappa shape index (κ1) is 20.1. The maximum absolute atomic E-state index is 14.2. The van der Waals surface area contributed by atoms with Crippen LogP contribution in [0.2, 0.25) is 0 Å². The van der Waals surface area contributed by atoms with Gasteiger partial charge in [0, 0.05) is 18.9 Å². The first-order valence-corrected chi connectivity index (χ1v) is 10.9. The van der Waals surface area contributed by atoms with Crippen molar-refractivity contribution in [1.82, 2.24) is 4.57 Å². The van der Waals surface area contributed by atoms with Gasteiger partial charge >= 0.3 is 0 Å². The van der Waals surface area contributed by atoms with Crippen LogP contribution in [0, 0.1) is 11.6 Å². The van der Waals surface area contributed by atoms with Gasteiger partial charge in [-0.1, -0.05) is 29.5 Å². The van der Waals surface area contributed by atoms with E-state index in [4.69, 9.17) is 0 Å². The van der Waals surface area contributed by atoms with Crippen LogP contribution in [-0.2, 0) is 27.6 Å². The summed E-state index contributed by atoms with van der Waals surface area (Å²) < 4.78 is 52.5. The molecule has 5 nitrogen and oxygen atoms in total. The lowest BCUT2D eigenvalue weighted by molar-refractivity contribution is -0.117. The predicted molar refractivity (Wildman–Crippen MR) is 104 cm³/mol. The number of amides is 1. The van der Waals surface area contributed by atoms with Crippen LogP contribution in [0.15, 0.2) is 58.9 Å². The Morgan fingerprint density at radius 3 is 2.54 bits per heavy atom. The van der Waals surface area contributed by atoms with Gasteiger partial charge in [0.05, 0.1) is 21.5 Å². The van der Waals surface area contributed by atoms with Crippen LogP contribution >= 0.6 is 11.3 Å². The second-order valence-electron chi connectivity index (χ2n) is 6.12. The number of thiazole rings is 1. The average Bonchev–Trinajstić information content (AvgIpc) is 2.92. The van der Waals surface area contributed by atoms with E-state index < -0.39 is 27.4 Å². The third-order valence-electron chi connectivity index (χ3n) is 3.93. The van der Waals surface area contributed by atoms with E-state index in [1.54, 1.807) is 12.1 Å².